The van der Waals surface area contributed by atoms with Crippen LogP contribution in [0, 0.1) is 5.82 Å². The van der Waals surface area contributed by atoms with E-state index in [2.05, 4.69) is 10.3 Å². The average Bonchev–Trinajstić information content (AvgIpc) is 3.10. The van der Waals surface area contributed by atoms with E-state index in [1.54, 1.807) is 23.1 Å². The van der Waals surface area contributed by atoms with Crippen LogP contribution in [-0.4, -0.2) is 47.9 Å². The number of aromatic nitrogens is 1. The molecule has 0 radical (unpaired) electrons. The first-order chi connectivity index (χ1) is 16.7. The van der Waals surface area contributed by atoms with Crippen molar-refractivity contribution in [2.75, 3.05) is 36.4 Å². The van der Waals surface area contributed by atoms with E-state index in [0.29, 0.717) is 44.0 Å². The van der Waals surface area contributed by atoms with Gasteiger partial charge < -0.3 is 15.1 Å². The predicted octanol–water partition coefficient (Wildman–Crippen LogP) is 4.84. The highest BCUT2D eigenvalue weighted by Crippen LogP contribution is 2.32. The summed E-state index contributed by atoms with van der Waals surface area (Å²) in [5.41, 5.74) is -0.930. The molecule has 0 spiro atoms. The normalized spacial score (nSPS) is 14.4. The fourth-order valence-corrected chi connectivity index (χ4v) is 3.93. The number of nitrogens with zero attached hydrogens (tertiary/aromatic N) is 3. The van der Waals surface area contributed by atoms with Crippen molar-refractivity contribution in [2.24, 2.45) is 0 Å². The third-order valence-corrected chi connectivity index (χ3v) is 5.66. The van der Waals surface area contributed by atoms with E-state index in [9.17, 15) is 27.2 Å². The zero-order chi connectivity index (χ0) is 25.0. The third kappa shape index (κ3) is 5.76. The van der Waals surface area contributed by atoms with Crippen LogP contribution < -0.4 is 10.2 Å². The Balaban J connectivity index is 1.40. The molecule has 2 aromatic carbocycles. The largest absolute Gasteiger partial charge is 0.417 e. The maximum absolute atomic E-state index is 13.5. The minimum absolute atomic E-state index is 0.239. The summed E-state index contributed by atoms with van der Waals surface area (Å²) < 4.78 is 53.1. The first-order valence-electron chi connectivity index (χ1n) is 11.0. The Hall–Kier alpha value is -3.95. The monoisotopic (exact) mass is 486 g/mol. The fraction of sp³-hybridized carbons (Fsp3) is 0.240. The highest BCUT2D eigenvalue weighted by Gasteiger charge is 2.34. The highest BCUT2D eigenvalue weighted by atomic mass is 19.4. The molecule has 1 fully saturated rings. The van der Waals surface area contributed by atoms with Crippen LogP contribution in [0.5, 0.6) is 0 Å². The van der Waals surface area contributed by atoms with Crippen molar-refractivity contribution < 1.29 is 27.2 Å². The van der Waals surface area contributed by atoms with Crippen LogP contribution in [0.1, 0.15) is 32.7 Å². The first kappa shape index (κ1) is 24.2. The number of pyridine rings is 1. The maximum Gasteiger partial charge on any atom is 0.417 e. The molecular weight excluding hydrogens is 464 g/mol. The van der Waals surface area contributed by atoms with E-state index in [0.717, 1.165) is 12.1 Å². The van der Waals surface area contributed by atoms with Gasteiger partial charge in [0.1, 0.15) is 11.6 Å². The lowest BCUT2D eigenvalue weighted by Gasteiger charge is -2.23. The number of benzene rings is 2. The lowest BCUT2D eigenvalue weighted by molar-refractivity contribution is -0.137. The van der Waals surface area contributed by atoms with Gasteiger partial charge in [-0.3, -0.25) is 9.59 Å². The third-order valence-electron chi connectivity index (χ3n) is 5.66. The molecule has 4 rings (SSSR count). The smallest absolute Gasteiger partial charge is 0.355 e. The van der Waals surface area contributed by atoms with Crippen LogP contribution in [0.25, 0.3) is 0 Å². The summed E-state index contributed by atoms with van der Waals surface area (Å²) in [6.45, 7) is 2.06. The quantitative estimate of drug-likeness (QED) is 0.536. The molecule has 2 amide bonds. The summed E-state index contributed by atoms with van der Waals surface area (Å²) in [6, 6.07) is 13.4. The Morgan fingerprint density at radius 2 is 1.71 bits per heavy atom. The van der Waals surface area contributed by atoms with Crippen LogP contribution in [0.2, 0.25) is 0 Å². The Morgan fingerprint density at radius 3 is 2.43 bits per heavy atom. The number of nitrogens with one attached hydrogen (secondary N) is 1. The summed E-state index contributed by atoms with van der Waals surface area (Å²) in [7, 11) is 0. The molecule has 1 aliphatic rings. The van der Waals surface area contributed by atoms with Crippen molar-refractivity contribution in [3.8, 4) is 0 Å². The van der Waals surface area contributed by atoms with Crippen LogP contribution in [0.3, 0.4) is 0 Å². The number of halogens is 4. The molecule has 0 bridgehead atoms. The van der Waals surface area contributed by atoms with Gasteiger partial charge in [0.05, 0.1) is 23.0 Å². The van der Waals surface area contributed by atoms with Gasteiger partial charge in [-0.05, 0) is 48.9 Å². The van der Waals surface area contributed by atoms with E-state index < -0.39 is 29.0 Å². The molecule has 0 aliphatic carbocycles. The van der Waals surface area contributed by atoms with Crippen LogP contribution in [0.15, 0.2) is 66.9 Å². The Bertz CT molecular complexity index is 1210. The van der Waals surface area contributed by atoms with Crippen LogP contribution >= 0.6 is 0 Å². The molecule has 1 N–H and O–H groups in total. The number of carbonyl (C=O) groups is 2. The molecule has 35 heavy (non-hydrogen) atoms. The molecule has 0 atom stereocenters. The molecule has 1 aromatic heterocycles. The van der Waals surface area contributed by atoms with Crippen molar-refractivity contribution in [3.05, 3.63) is 89.4 Å². The summed E-state index contributed by atoms with van der Waals surface area (Å²) in [5.74, 6) is -0.977. The fourth-order valence-electron chi connectivity index (χ4n) is 3.93. The van der Waals surface area contributed by atoms with Gasteiger partial charge in [-0.1, -0.05) is 18.2 Å². The van der Waals surface area contributed by atoms with Gasteiger partial charge in [-0.25, -0.2) is 9.37 Å². The Labute approximate surface area is 199 Å². The summed E-state index contributed by atoms with van der Waals surface area (Å²) >= 11 is 0. The molecule has 10 heteroatoms. The molecule has 2 heterocycles. The molecule has 182 valence electrons. The molecular formula is C25H22F4N4O2. The minimum atomic E-state index is -4.65. The maximum atomic E-state index is 13.5. The van der Waals surface area contributed by atoms with Crippen LogP contribution in [0.4, 0.5) is 29.1 Å². The SMILES string of the molecule is O=C(Nc1ccc(N2CCCN(C(=O)c3cccc(F)c3)CC2)nc1)c1ccccc1C(F)(F)F. The van der Waals surface area contributed by atoms with Gasteiger partial charge in [-0.15, -0.1) is 0 Å². The molecule has 3 aromatic rings. The van der Waals surface area contributed by atoms with Crippen LogP contribution in [-0.2, 0) is 6.18 Å². The number of anilines is 2. The zero-order valence-corrected chi connectivity index (χ0v) is 18.6. The second-order valence-corrected chi connectivity index (χ2v) is 8.05. The van der Waals surface area contributed by atoms with Crippen molar-refractivity contribution in [1.29, 1.82) is 0 Å². The molecule has 0 unspecified atom stereocenters. The number of hydrogen-bond acceptors (Lipinski definition) is 4. The molecule has 6 nitrogen and oxygen atoms in total. The number of hydrogen-bond donors (Lipinski definition) is 1. The zero-order valence-electron chi connectivity index (χ0n) is 18.6. The average molecular weight is 486 g/mol. The second-order valence-electron chi connectivity index (χ2n) is 8.05. The van der Waals surface area contributed by atoms with E-state index >= 15 is 0 Å². The summed E-state index contributed by atoms with van der Waals surface area (Å²) in [4.78, 5) is 33.1. The van der Waals surface area contributed by atoms with Crippen molar-refractivity contribution in [2.45, 2.75) is 12.6 Å². The van der Waals surface area contributed by atoms with Crippen molar-refractivity contribution in [3.63, 3.8) is 0 Å². The van der Waals surface area contributed by atoms with Gasteiger partial charge in [0.2, 0.25) is 0 Å². The standard InChI is InChI=1S/C25H22F4N4O2/c26-18-6-3-5-17(15-18)24(35)33-12-4-11-32(13-14-33)22-10-9-19(16-30-22)31-23(34)20-7-1-2-8-21(20)25(27,28)29/h1-3,5-10,15-16H,4,11-14H2,(H,31,34). The Morgan fingerprint density at radius 1 is 0.914 bits per heavy atom. The minimum Gasteiger partial charge on any atom is -0.355 e. The second kappa shape index (κ2) is 10.1. The number of alkyl halides is 3. The van der Waals surface area contributed by atoms with Crippen molar-refractivity contribution >= 4 is 23.3 Å². The van der Waals surface area contributed by atoms with E-state index in [4.69, 9.17) is 0 Å². The lowest BCUT2D eigenvalue weighted by Crippen LogP contribution is -2.35. The van der Waals surface area contributed by atoms with E-state index in [1.807, 2.05) is 4.90 Å². The Kier molecular flexibility index (Phi) is 6.99. The number of carbonyl (C=O) groups excluding carboxylic acids is 2. The van der Waals surface area contributed by atoms with E-state index in [1.165, 1.54) is 36.5 Å². The van der Waals surface area contributed by atoms with E-state index in [-0.39, 0.29) is 11.6 Å². The van der Waals surface area contributed by atoms with Gasteiger partial charge in [-0.2, -0.15) is 13.2 Å². The van der Waals surface area contributed by atoms with Gasteiger partial charge in [0, 0.05) is 31.7 Å². The topological polar surface area (TPSA) is 65.5 Å². The molecule has 1 saturated heterocycles. The highest BCUT2D eigenvalue weighted by molar-refractivity contribution is 6.05. The van der Waals surface area contributed by atoms with Gasteiger partial charge in [0.25, 0.3) is 11.8 Å². The molecule has 0 saturated carbocycles. The van der Waals surface area contributed by atoms with Gasteiger partial charge >= 0.3 is 6.18 Å². The predicted molar refractivity (Wildman–Crippen MR) is 123 cm³/mol. The first-order valence-corrected chi connectivity index (χ1v) is 11.0. The number of rotatable bonds is 4. The lowest BCUT2D eigenvalue weighted by atomic mass is 10.1. The summed E-state index contributed by atoms with van der Waals surface area (Å²) in [6.07, 6.45) is -2.59. The summed E-state index contributed by atoms with van der Waals surface area (Å²) in [5, 5.41) is 2.45. The van der Waals surface area contributed by atoms with Crippen molar-refractivity contribution in [1.82, 2.24) is 9.88 Å². The molecule has 1 aliphatic heterocycles. The number of amides is 2. The van der Waals surface area contributed by atoms with Gasteiger partial charge in [0.15, 0.2) is 0 Å².